The Morgan fingerprint density at radius 3 is 2.46 bits per heavy atom. The monoisotopic (exact) mass is 381 g/mol. The quantitative estimate of drug-likeness (QED) is 0.289. The van der Waals surface area contributed by atoms with Gasteiger partial charge in [0.15, 0.2) is 0 Å². The van der Waals surface area contributed by atoms with Crippen molar-refractivity contribution in [3.8, 4) is 0 Å². The zero-order valence-electron chi connectivity index (χ0n) is 15.4. The highest BCUT2D eigenvalue weighted by Gasteiger charge is 2.14. The molecule has 3 heteroatoms. The van der Waals surface area contributed by atoms with Crippen molar-refractivity contribution >= 4 is 34.3 Å². The predicted octanol–water partition coefficient (Wildman–Crippen LogP) is 7.64. The van der Waals surface area contributed by atoms with Gasteiger partial charge in [-0.2, -0.15) is 0 Å². The van der Waals surface area contributed by atoms with E-state index in [2.05, 4.69) is 73.0 Å². The third kappa shape index (κ3) is 6.69. The SMILES string of the molecule is Cc1ccc(N=C(C=CSc2ccccc2)SCC2CCCCC2)cc1. The fraction of sp³-hybridized carbons (Fsp3) is 0.348. The molecular weight excluding hydrogens is 354 g/mol. The first-order chi connectivity index (χ1) is 12.8. The van der Waals surface area contributed by atoms with E-state index in [0.717, 1.165) is 16.6 Å². The molecule has 0 aliphatic heterocycles. The molecule has 136 valence electrons. The summed E-state index contributed by atoms with van der Waals surface area (Å²) in [4.78, 5) is 6.15. The molecule has 0 radical (unpaired) electrons. The second kappa shape index (κ2) is 10.6. The summed E-state index contributed by atoms with van der Waals surface area (Å²) in [5.41, 5.74) is 2.31. The predicted molar refractivity (Wildman–Crippen MR) is 119 cm³/mol. The third-order valence-corrected chi connectivity index (χ3v) is 6.60. The molecule has 1 nitrogen and oxygen atoms in total. The van der Waals surface area contributed by atoms with Crippen LogP contribution in [0.2, 0.25) is 0 Å². The molecular formula is C23H27NS2. The lowest BCUT2D eigenvalue weighted by Gasteiger charge is -2.20. The Hall–Kier alpha value is -1.45. The van der Waals surface area contributed by atoms with Crippen LogP contribution in [0.1, 0.15) is 37.7 Å². The van der Waals surface area contributed by atoms with Crippen molar-refractivity contribution < 1.29 is 0 Å². The van der Waals surface area contributed by atoms with Crippen LogP contribution in [0.4, 0.5) is 5.69 Å². The first-order valence-corrected chi connectivity index (χ1v) is 11.3. The Labute approximate surface area is 166 Å². The summed E-state index contributed by atoms with van der Waals surface area (Å²) in [6, 6.07) is 19.0. The van der Waals surface area contributed by atoms with E-state index < -0.39 is 0 Å². The Bertz CT molecular complexity index is 714. The maximum Gasteiger partial charge on any atom is 0.0972 e. The molecule has 0 unspecified atom stereocenters. The summed E-state index contributed by atoms with van der Waals surface area (Å²) in [5, 5.41) is 3.28. The highest BCUT2D eigenvalue weighted by molar-refractivity contribution is 8.14. The molecule has 1 fully saturated rings. The number of thioether (sulfide) groups is 2. The van der Waals surface area contributed by atoms with Crippen molar-refractivity contribution in [2.75, 3.05) is 5.75 Å². The molecule has 0 aromatic heterocycles. The first-order valence-electron chi connectivity index (χ1n) is 9.46. The van der Waals surface area contributed by atoms with Crippen molar-refractivity contribution in [3.63, 3.8) is 0 Å². The Balaban J connectivity index is 1.66. The number of aliphatic imine (C=N–C) groups is 1. The molecule has 1 aliphatic rings. The van der Waals surface area contributed by atoms with Crippen molar-refractivity contribution in [3.05, 3.63) is 71.6 Å². The summed E-state index contributed by atoms with van der Waals surface area (Å²) >= 11 is 3.66. The number of hydrogen-bond donors (Lipinski definition) is 0. The van der Waals surface area contributed by atoms with Gasteiger partial charge >= 0.3 is 0 Å². The second-order valence-electron chi connectivity index (χ2n) is 6.83. The van der Waals surface area contributed by atoms with E-state index in [9.17, 15) is 0 Å². The minimum Gasteiger partial charge on any atom is -0.242 e. The van der Waals surface area contributed by atoms with Crippen LogP contribution < -0.4 is 0 Å². The zero-order valence-corrected chi connectivity index (χ0v) is 17.1. The van der Waals surface area contributed by atoms with E-state index in [1.807, 2.05) is 11.8 Å². The maximum atomic E-state index is 4.89. The average molecular weight is 382 g/mol. The van der Waals surface area contributed by atoms with Crippen LogP contribution in [0.25, 0.3) is 0 Å². The minimum atomic E-state index is 0.854. The van der Waals surface area contributed by atoms with Crippen molar-refractivity contribution in [1.82, 2.24) is 0 Å². The molecule has 0 spiro atoms. The summed E-state index contributed by atoms with van der Waals surface area (Å²) in [6.45, 7) is 2.11. The van der Waals surface area contributed by atoms with Gasteiger partial charge in [0.1, 0.15) is 0 Å². The topological polar surface area (TPSA) is 12.4 Å². The summed E-state index contributed by atoms with van der Waals surface area (Å²) < 4.78 is 0. The van der Waals surface area contributed by atoms with E-state index in [4.69, 9.17) is 4.99 Å². The van der Waals surface area contributed by atoms with Gasteiger partial charge in [0.2, 0.25) is 0 Å². The number of benzene rings is 2. The minimum absolute atomic E-state index is 0.854. The van der Waals surface area contributed by atoms with Gasteiger partial charge < -0.3 is 0 Å². The summed E-state index contributed by atoms with van der Waals surface area (Å²) in [6.07, 6.45) is 9.15. The number of hydrogen-bond acceptors (Lipinski definition) is 3. The van der Waals surface area contributed by atoms with Gasteiger partial charge in [-0.05, 0) is 61.4 Å². The smallest absolute Gasteiger partial charge is 0.0972 e. The van der Waals surface area contributed by atoms with Gasteiger partial charge in [-0.25, -0.2) is 4.99 Å². The standard InChI is InChI=1S/C23H27NS2/c1-19-12-14-21(15-13-19)24-23(26-18-20-8-4-2-5-9-20)16-17-25-22-10-6-3-7-11-22/h3,6-7,10-17,20H,2,4-5,8-9,18H2,1H3. The third-order valence-electron chi connectivity index (χ3n) is 4.62. The number of rotatable bonds is 6. The number of aryl methyl sites for hydroxylation is 1. The largest absolute Gasteiger partial charge is 0.242 e. The summed E-state index contributed by atoms with van der Waals surface area (Å²) in [5.74, 6) is 2.04. The fourth-order valence-electron chi connectivity index (χ4n) is 3.09. The highest BCUT2D eigenvalue weighted by Crippen LogP contribution is 2.29. The maximum absolute atomic E-state index is 4.89. The van der Waals surface area contributed by atoms with E-state index in [1.165, 1.54) is 48.3 Å². The van der Waals surface area contributed by atoms with Gasteiger partial charge in [0.25, 0.3) is 0 Å². The van der Waals surface area contributed by atoms with Crippen LogP contribution in [0.15, 0.2) is 76.0 Å². The van der Waals surface area contributed by atoms with E-state index >= 15 is 0 Å². The fourth-order valence-corrected chi connectivity index (χ4v) is 4.92. The van der Waals surface area contributed by atoms with Crippen LogP contribution in [0, 0.1) is 12.8 Å². The van der Waals surface area contributed by atoms with E-state index in [1.54, 1.807) is 11.8 Å². The Morgan fingerprint density at radius 1 is 1.00 bits per heavy atom. The molecule has 0 heterocycles. The lowest BCUT2D eigenvalue weighted by Crippen LogP contribution is -2.09. The van der Waals surface area contributed by atoms with Crippen molar-refractivity contribution in [2.24, 2.45) is 10.9 Å². The molecule has 3 rings (SSSR count). The van der Waals surface area contributed by atoms with Gasteiger partial charge in [0, 0.05) is 10.6 Å². The van der Waals surface area contributed by atoms with Gasteiger partial charge in [-0.15, -0.1) is 11.8 Å². The molecule has 1 aliphatic carbocycles. The first kappa shape index (κ1) is 19.3. The molecule has 2 aromatic carbocycles. The molecule has 1 saturated carbocycles. The van der Waals surface area contributed by atoms with Gasteiger partial charge in [-0.3, -0.25) is 0 Å². The molecule has 0 N–H and O–H groups in total. The lowest BCUT2D eigenvalue weighted by atomic mass is 9.91. The molecule has 26 heavy (non-hydrogen) atoms. The molecule has 0 saturated heterocycles. The van der Waals surface area contributed by atoms with Crippen LogP contribution >= 0.6 is 23.5 Å². The van der Waals surface area contributed by atoms with Crippen LogP contribution in [0.5, 0.6) is 0 Å². The highest BCUT2D eigenvalue weighted by atomic mass is 32.2. The second-order valence-corrected chi connectivity index (χ2v) is 8.85. The molecule has 0 atom stereocenters. The molecule has 0 amide bonds. The Morgan fingerprint density at radius 2 is 1.73 bits per heavy atom. The van der Waals surface area contributed by atoms with Crippen molar-refractivity contribution in [1.29, 1.82) is 0 Å². The van der Waals surface area contributed by atoms with Crippen LogP contribution in [-0.2, 0) is 0 Å². The summed E-state index contributed by atoms with van der Waals surface area (Å²) in [7, 11) is 0. The Kier molecular flexibility index (Phi) is 7.90. The molecule has 0 bridgehead atoms. The normalized spacial score (nSPS) is 16.3. The lowest BCUT2D eigenvalue weighted by molar-refractivity contribution is 0.391. The van der Waals surface area contributed by atoms with Crippen molar-refractivity contribution in [2.45, 2.75) is 43.9 Å². The molecule has 2 aromatic rings. The number of nitrogens with zero attached hydrogens (tertiary/aromatic N) is 1. The van der Waals surface area contributed by atoms with Gasteiger partial charge in [-0.1, -0.05) is 66.9 Å². The zero-order chi connectivity index (χ0) is 18.0. The van der Waals surface area contributed by atoms with Crippen LogP contribution in [-0.4, -0.2) is 10.8 Å². The van der Waals surface area contributed by atoms with Crippen LogP contribution in [0.3, 0.4) is 0 Å². The average Bonchev–Trinajstić information content (AvgIpc) is 2.69. The van der Waals surface area contributed by atoms with E-state index in [-0.39, 0.29) is 0 Å². The van der Waals surface area contributed by atoms with E-state index in [0.29, 0.717) is 0 Å². The van der Waals surface area contributed by atoms with Gasteiger partial charge in [0.05, 0.1) is 10.7 Å².